The Balaban J connectivity index is 1.84. The molecule has 0 saturated heterocycles. The molecule has 0 saturated carbocycles. The van der Waals surface area contributed by atoms with Crippen molar-refractivity contribution >= 4 is 32.6 Å². The normalized spacial score (nSPS) is 11.2. The van der Waals surface area contributed by atoms with E-state index in [9.17, 15) is 9.18 Å². The first kappa shape index (κ1) is 21.2. The number of hydrogen-bond donors (Lipinski definition) is 1. The topological polar surface area (TPSA) is 46.9 Å². The second-order valence-electron chi connectivity index (χ2n) is 7.22. The van der Waals surface area contributed by atoms with Crippen LogP contribution in [0.1, 0.15) is 18.9 Å². The smallest absolute Gasteiger partial charge is 0.233 e. The van der Waals surface area contributed by atoms with Crippen molar-refractivity contribution in [3.05, 3.63) is 53.8 Å². The number of aromatic nitrogens is 1. The summed E-state index contributed by atoms with van der Waals surface area (Å²) >= 11 is 1.49. The Bertz CT molecular complexity index is 956. The molecular weight excluding hydrogens is 389 g/mol. The van der Waals surface area contributed by atoms with Gasteiger partial charge in [-0.1, -0.05) is 23.5 Å². The summed E-state index contributed by atoms with van der Waals surface area (Å²) < 4.78 is 19.7. The number of carbonyl (C=O) groups excluding carboxylic acids is 1. The van der Waals surface area contributed by atoms with Crippen LogP contribution in [0.3, 0.4) is 0 Å². The zero-order valence-corrected chi connectivity index (χ0v) is 17.9. The molecule has 0 bridgehead atoms. The van der Waals surface area contributed by atoms with E-state index in [1.54, 1.807) is 17.0 Å². The summed E-state index contributed by atoms with van der Waals surface area (Å²) in [6, 6.07) is 11.9. The number of benzene rings is 2. The van der Waals surface area contributed by atoms with Gasteiger partial charge in [-0.15, -0.1) is 0 Å². The molecule has 7 heteroatoms. The molecule has 0 aliphatic rings. The quantitative estimate of drug-likeness (QED) is 0.583. The van der Waals surface area contributed by atoms with Crippen LogP contribution in [-0.2, 0) is 11.2 Å². The maximum atomic E-state index is 13.2. The van der Waals surface area contributed by atoms with Crippen molar-refractivity contribution in [2.75, 3.05) is 38.7 Å². The number of nitrogens with one attached hydrogen (secondary N) is 1. The number of anilines is 1. The van der Waals surface area contributed by atoms with Gasteiger partial charge >= 0.3 is 0 Å². The lowest BCUT2D eigenvalue weighted by molar-refractivity contribution is -0.858. The van der Waals surface area contributed by atoms with E-state index in [1.165, 1.54) is 28.4 Å². The Morgan fingerprint density at radius 1 is 1.21 bits per heavy atom. The Hall–Kier alpha value is -2.51. The molecule has 0 spiro atoms. The Labute approximate surface area is 174 Å². The number of ether oxygens (including phenoxy) is 1. The van der Waals surface area contributed by atoms with Gasteiger partial charge in [0, 0.05) is 13.0 Å². The van der Waals surface area contributed by atoms with E-state index in [0.717, 1.165) is 34.5 Å². The van der Waals surface area contributed by atoms with Crippen LogP contribution in [-0.4, -0.2) is 44.7 Å². The molecular formula is C22H27FN3O2S+. The minimum Gasteiger partial charge on any atom is -0.494 e. The standard InChI is InChI=1S/C22H26FN3O2S/c1-4-28-18-10-11-19-20(15-18)29-22(24-19)26(13-5-12-25(2)3)21(27)14-16-6-8-17(23)9-7-16/h6-11,15H,4-5,12-14H2,1-3H3/p+1. The largest absolute Gasteiger partial charge is 0.494 e. The van der Waals surface area contributed by atoms with Crippen LogP contribution < -0.4 is 14.5 Å². The van der Waals surface area contributed by atoms with Gasteiger partial charge in [0.1, 0.15) is 11.6 Å². The summed E-state index contributed by atoms with van der Waals surface area (Å²) in [5, 5.41) is 0.689. The molecule has 1 aromatic heterocycles. The van der Waals surface area contributed by atoms with Crippen LogP contribution in [0.2, 0.25) is 0 Å². The number of halogens is 1. The molecule has 2 aromatic carbocycles. The van der Waals surface area contributed by atoms with Gasteiger partial charge in [0.25, 0.3) is 0 Å². The third-order valence-electron chi connectivity index (χ3n) is 4.52. The summed E-state index contributed by atoms with van der Waals surface area (Å²) in [6.45, 7) is 4.11. The number of quaternary nitrogens is 1. The van der Waals surface area contributed by atoms with Crippen molar-refractivity contribution in [3.8, 4) is 5.75 Å². The molecule has 1 heterocycles. The maximum Gasteiger partial charge on any atom is 0.233 e. The Kier molecular flexibility index (Phi) is 7.17. The fourth-order valence-electron chi connectivity index (χ4n) is 3.05. The lowest BCUT2D eigenvalue weighted by atomic mass is 10.1. The lowest BCUT2D eigenvalue weighted by Gasteiger charge is -2.20. The van der Waals surface area contributed by atoms with Gasteiger partial charge in [0.15, 0.2) is 5.13 Å². The molecule has 3 aromatic rings. The van der Waals surface area contributed by atoms with Gasteiger partial charge in [0.2, 0.25) is 5.91 Å². The number of hydrogen-bond acceptors (Lipinski definition) is 4. The minimum atomic E-state index is -0.303. The molecule has 0 fully saturated rings. The molecule has 1 amide bonds. The van der Waals surface area contributed by atoms with Crippen molar-refractivity contribution < 1.29 is 18.8 Å². The highest BCUT2D eigenvalue weighted by Crippen LogP contribution is 2.32. The fourth-order valence-corrected chi connectivity index (χ4v) is 4.09. The van der Waals surface area contributed by atoms with Gasteiger partial charge in [-0.25, -0.2) is 9.37 Å². The van der Waals surface area contributed by atoms with Gasteiger partial charge in [-0.05, 0) is 42.8 Å². The SMILES string of the molecule is CCOc1ccc2nc(N(CCC[NH+](C)C)C(=O)Cc3ccc(F)cc3)sc2c1. The molecule has 5 nitrogen and oxygen atoms in total. The number of amides is 1. The summed E-state index contributed by atoms with van der Waals surface area (Å²) in [5.74, 6) is 0.466. The summed E-state index contributed by atoms with van der Waals surface area (Å²) in [6.07, 6.45) is 1.09. The van der Waals surface area contributed by atoms with Crippen LogP contribution in [0.4, 0.5) is 9.52 Å². The first-order valence-electron chi connectivity index (χ1n) is 9.83. The van der Waals surface area contributed by atoms with Crippen LogP contribution in [0.5, 0.6) is 5.75 Å². The molecule has 1 N–H and O–H groups in total. The van der Waals surface area contributed by atoms with Crippen LogP contribution >= 0.6 is 11.3 Å². The first-order chi connectivity index (χ1) is 14.0. The number of carbonyl (C=O) groups is 1. The molecule has 0 aliphatic heterocycles. The molecule has 0 radical (unpaired) electrons. The third-order valence-corrected chi connectivity index (χ3v) is 5.56. The van der Waals surface area contributed by atoms with E-state index < -0.39 is 0 Å². The first-order valence-corrected chi connectivity index (χ1v) is 10.6. The number of thiazole rings is 1. The molecule has 154 valence electrons. The molecule has 0 atom stereocenters. The van der Waals surface area contributed by atoms with Crippen molar-refractivity contribution in [2.45, 2.75) is 19.8 Å². The van der Waals surface area contributed by atoms with Gasteiger partial charge in [-0.3, -0.25) is 9.69 Å². The van der Waals surface area contributed by atoms with E-state index in [-0.39, 0.29) is 18.1 Å². The molecule has 0 unspecified atom stereocenters. The predicted octanol–water partition coefficient (Wildman–Crippen LogP) is 2.94. The Morgan fingerprint density at radius 2 is 1.97 bits per heavy atom. The second-order valence-corrected chi connectivity index (χ2v) is 8.23. The minimum absolute atomic E-state index is 0.0329. The Morgan fingerprint density at radius 3 is 2.66 bits per heavy atom. The highest BCUT2D eigenvalue weighted by atomic mass is 32.1. The zero-order chi connectivity index (χ0) is 20.8. The van der Waals surface area contributed by atoms with Gasteiger partial charge in [-0.2, -0.15) is 0 Å². The van der Waals surface area contributed by atoms with Crippen molar-refractivity contribution in [1.82, 2.24) is 4.98 Å². The van der Waals surface area contributed by atoms with E-state index in [4.69, 9.17) is 9.72 Å². The van der Waals surface area contributed by atoms with Crippen LogP contribution in [0.15, 0.2) is 42.5 Å². The van der Waals surface area contributed by atoms with E-state index in [0.29, 0.717) is 18.3 Å². The highest BCUT2D eigenvalue weighted by molar-refractivity contribution is 7.22. The fraction of sp³-hybridized carbons (Fsp3) is 0.364. The van der Waals surface area contributed by atoms with Crippen molar-refractivity contribution in [2.24, 2.45) is 0 Å². The average molecular weight is 417 g/mol. The summed E-state index contributed by atoms with van der Waals surface area (Å²) in [7, 11) is 4.19. The molecule has 29 heavy (non-hydrogen) atoms. The number of fused-ring (bicyclic) bond motifs is 1. The van der Waals surface area contributed by atoms with Gasteiger partial charge < -0.3 is 9.64 Å². The van der Waals surface area contributed by atoms with Gasteiger partial charge in [0.05, 0.1) is 43.9 Å². The van der Waals surface area contributed by atoms with Crippen LogP contribution in [0.25, 0.3) is 10.2 Å². The lowest BCUT2D eigenvalue weighted by Crippen LogP contribution is -3.05. The third kappa shape index (κ3) is 5.74. The number of nitrogens with zero attached hydrogens (tertiary/aromatic N) is 2. The monoisotopic (exact) mass is 416 g/mol. The molecule has 3 rings (SSSR count). The van der Waals surface area contributed by atoms with Crippen LogP contribution in [0, 0.1) is 5.82 Å². The molecule has 0 aliphatic carbocycles. The summed E-state index contributed by atoms with van der Waals surface area (Å²) in [5.41, 5.74) is 1.64. The van der Waals surface area contributed by atoms with E-state index in [2.05, 4.69) is 14.1 Å². The van der Waals surface area contributed by atoms with Crippen molar-refractivity contribution in [3.63, 3.8) is 0 Å². The second kappa shape index (κ2) is 9.80. The van der Waals surface area contributed by atoms with E-state index >= 15 is 0 Å². The average Bonchev–Trinajstić information content (AvgIpc) is 3.10. The number of rotatable bonds is 9. The van der Waals surface area contributed by atoms with E-state index in [1.807, 2.05) is 25.1 Å². The maximum absolute atomic E-state index is 13.2. The predicted molar refractivity (Wildman–Crippen MR) is 116 cm³/mol. The zero-order valence-electron chi connectivity index (χ0n) is 17.1. The highest BCUT2D eigenvalue weighted by Gasteiger charge is 2.20. The summed E-state index contributed by atoms with van der Waals surface area (Å²) in [4.78, 5) is 20.9. The van der Waals surface area contributed by atoms with Crippen molar-refractivity contribution in [1.29, 1.82) is 0 Å².